The highest BCUT2D eigenvalue weighted by Gasteiger charge is 2.25. The van der Waals surface area contributed by atoms with E-state index in [-0.39, 0.29) is 0 Å². The molecule has 2 heterocycles. The maximum Gasteiger partial charge on any atom is 0.203 e. The van der Waals surface area contributed by atoms with Crippen LogP contribution in [0.5, 0.6) is 5.75 Å². The molecule has 0 radical (unpaired) electrons. The molecule has 1 atom stereocenters. The van der Waals surface area contributed by atoms with Crippen molar-refractivity contribution >= 4 is 5.95 Å². The normalized spacial score (nSPS) is 17.4. The lowest BCUT2D eigenvalue weighted by atomic mass is 9.99. The van der Waals surface area contributed by atoms with Gasteiger partial charge in [-0.2, -0.15) is 0 Å². The Morgan fingerprint density at radius 1 is 1.45 bits per heavy atom. The minimum atomic E-state index is 0.300. The van der Waals surface area contributed by atoms with Gasteiger partial charge in [-0.05, 0) is 25.8 Å². The third-order valence-corrected chi connectivity index (χ3v) is 3.93. The maximum absolute atomic E-state index is 5.55. The van der Waals surface area contributed by atoms with E-state index in [4.69, 9.17) is 4.74 Å². The molecular formula is C16H21N3O. The van der Waals surface area contributed by atoms with Gasteiger partial charge in [0, 0.05) is 18.3 Å². The van der Waals surface area contributed by atoms with Gasteiger partial charge in [0.2, 0.25) is 5.95 Å². The third kappa shape index (κ3) is 2.15. The number of aryl methyl sites for hydroxylation is 2. The predicted octanol–water partition coefficient (Wildman–Crippen LogP) is 3.17. The number of hydrogen-bond donors (Lipinski definition) is 1. The van der Waals surface area contributed by atoms with Crippen molar-refractivity contribution in [1.29, 1.82) is 0 Å². The summed E-state index contributed by atoms with van der Waals surface area (Å²) < 4.78 is 7.80. The Kier molecular flexibility index (Phi) is 3.38. The van der Waals surface area contributed by atoms with Crippen LogP contribution in [0.25, 0.3) is 0 Å². The van der Waals surface area contributed by atoms with E-state index < -0.39 is 0 Å². The Morgan fingerprint density at radius 2 is 2.30 bits per heavy atom. The molecule has 3 rings (SSSR count). The van der Waals surface area contributed by atoms with Gasteiger partial charge in [0.1, 0.15) is 5.75 Å². The molecule has 106 valence electrons. The standard InChI is InChI=1S/C16H21N3O/c1-4-12-10-19-14(7-8-17-16(19)18-12)13-9-11(2)5-6-15(13)20-3/h5-6,9-10,14H,4,7-8H2,1-3H3,(H,17,18). The van der Waals surface area contributed by atoms with Crippen molar-refractivity contribution in [3.8, 4) is 5.75 Å². The van der Waals surface area contributed by atoms with Crippen LogP contribution in [-0.2, 0) is 6.42 Å². The van der Waals surface area contributed by atoms with Crippen LogP contribution in [0.4, 0.5) is 5.95 Å². The number of imidazole rings is 1. The zero-order valence-electron chi connectivity index (χ0n) is 12.3. The average Bonchev–Trinajstić information content (AvgIpc) is 2.90. The van der Waals surface area contributed by atoms with Crippen LogP contribution >= 0.6 is 0 Å². The highest BCUT2D eigenvalue weighted by atomic mass is 16.5. The molecule has 0 aliphatic carbocycles. The number of fused-ring (bicyclic) bond motifs is 1. The summed E-state index contributed by atoms with van der Waals surface area (Å²) in [6.45, 7) is 5.20. The Balaban J connectivity index is 2.08. The molecule has 0 saturated carbocycles. The topological polar surface area (TPSA) is 39.1 Å². The summed E-state index contributed by atoms with van der Waals surface area (Å²) in [6.07, 6.45) is 4.17. The molecule has 0 bridgehead atoms. The lowest BCUT2D eigenvalue weighted by Crippen LogP contribution is -2.23. The quantitative estimate of drug-likeness (QED) is 0.932. The van der Waals surface area contributed by atoms with E-state index in [2.05, 4.69) is 53.1 Å². The van der Waals surface area contributed by atoms with Crippen LogP contribution in [0, 0.1) is 6.92 Å². The van der Waals surface area contributed by atoms with E-state index in [1.165, 1.54) is 11.1 Å². The molecule has 1 aromatic carbocycles. The second-order valence-corrected chi connectivity index (χ2v) is 5.29. The van der Waals surface area contributed by atoms with Crippen LogP contribution in [-0.4, -0.2) is 23.2 Å². The van der Waals surface area contributed by atoms with Crippen LogP contribution in [0.3, 0.4) is 0 Å². The zero-order valence-corrected chi connectivity index (χ0v) is 12.3. The summed E-state index contributed by atoms with van der Waals surface area (Å²) in [4.78, 5) is 4.63. The van der Waals surface area contributed by atoms with Gasteiger partial charge in [-0.3, -0.25) is 0 Å². The molecule has 0 fully saturated rings. The lowest BCUT2D eigenvalue weighted by molar-refractivity contribution is 0.397. The largest absolute Gasteiger partial charge is 0.496 e. The van der Waals surface area contributed by atoms with Gasteiger partial charge < -0.3 is 14.6 Å². The van der Waals surface area contributed by atoms with Crippen molar-refractivity contribution in [1.82, 2.24) is 9.55 Å². The summed E-state index contributed by atoms with van der Waals surface area (Å²) >= 11 is 0. The van der Waals surface area contributed by atoms with Gasteiger partial charge in [0.05, 0.1) is 18.8 Å². The smallest absolute Gasteiger partial charge is 0.203 e. The number of nitrogens with one attached hydrogen (secondary N) is 1. The minimum Gasteiger partial charge on any atom is -0.496 e. The van der Waals surface area contributed by atoms with Crippen molar-refractivity contribution in [2.45, 2.75) is 32.7 Å². The maximum atomic E-state index is 5.55. The highest BCUT2D eigenvalue weighted by Crippen LogP contribution is 2.35. The zero-order chi connectivity index (χ0) is 14.1. The van der Waals surface area contributed by atoms with E-state index >= 15 is 0 Å². The molecule has 1 aromatic heterocycles. The number of anilines is 1. The third-order valence-electron chi connectivity index (χ3n) is 3.93. The van der Waals surface area contributed by atoms with Crippen LogP contribution < -0.4 is 10.1 Å². The number of methoxy groups -OCH3 is 1. The minimum absolute atomic E-state index is 0.300. The molecule has 1 N–H and O–H groups in total. The van der Waals surface area contributed by atoms with Gasteiger partial charge in [-0.1, -0.05) is 24.6 Å². The van der Waals surface area contributed by atoms with Gasteiger partial charge in [-0.15, -0.1) is 0 Å². The number of benzene rings is 1. The number of rotatable bonds is 3. The first-order valence-electron chi connectivity index (χ1n) is 7.19. The van der Waals surface area contributed by atoms with Gasteiger partial charge in [0.25, 0.3) is 0 Å². The number of hydrogen-bond acceptors (Lipinski definition) is 3. The van der Waals surface area contributed by atoms with E-state index in [9.17, 15) is 0 Å². The van der Waals surface area contributed by atoms with E-state index in [1.54, 1.807) is 7.11 Å². The second-order valence-electron chi connectivity index (χ2n) is 5.29. The van der Waals surface area contributed by atoms with Gasteiger partial charge >= 0.3 is 0 Å². The van der Waals surface area contributed by atoms with E-state index in [0.29, 0.717) is 6.04 Å². The van der Waals surface area contributed by atoms with Crippen molar-refractivity contribution in [2.24, 2.45) is 0 Å². The SMILES string of the molecule is CCc1cn2c(n1)NCCC2c1cc(C)ccc1OC. The number of ether oxygens (including phenoxy) is 1. The van der Waals surface area contributed by atoms with Crippen LogP contribution in [0.1, 0.15) is 36.2 Å². The summed E-state index contributed by atoms with van der Waals surface area (Å²) in [7, 11) is 1.74. The summed E-state index contributed by atoms with van der Waals surface area (Å²) in [5, 5.41) is 3.38. The Hall–Kier alpha value is -1.97. The molecule has 0 spiro atoms. The monoisotopic (exact) mass is 271 g/mol. The molecule has 1 unspecified atom stereocenters. The van der Waals surface area contributed by atoms with Crippen LogP contribution in [0.2, 0.25) is 0 Å². The summed E-state index contributed by atoms with van der Waals surface area (Å²) in [6, 6.07) is 6.68. The molecule has 0 amide bonds. The van der Waals surface area contributed by atoms with Crippen molar-refractivity contribution in [3.63, 3.8) is 0 Å². The fraction of sp³-hybridized carbons (Fsp3) is 0.438. The first-order chi connectivity index (χ1) is 9.72. The fourth-order valence-electron chi connectivity index (χ4n) is 2.86. The summed E-state index contributed by atoms with van der Waals surface area (Å²) in [5.74, 6) is 1.93. The Labute approximate surface area is 119 Å². The molecule has 2 aromatic rings. The predicted molar refractivity (Wildman–Crippen MR) is 80.6 cm³/mol. The van der Waals surface area contributed by atoms with Crippen LogP contribution in [0.15, 0.2) is 24.4 Å². The Morgan fingerprint density at radius 3 is 3.05 bits per heavy atom. The molecule has 0 saturated heterocycles. The average molecular weight is 271 g/mol. The van der Waals surface area contributed by atoms with Gasteiger partial charge in [0.15, 0.2) is 0 Å². The molecule has 4 heteroatoms. The molecule has 1 aliphatic heterocycles. The molecular weight excluding hydrogens is 250 g/mol. The second kappa shape index (κ2) is 5.19. The molecule has 1 aliphatic rings. The van der Waals surface area contributed by atoms with Crippen molar-refractivity contribution in [2.75, 3.05) is 19.0 Å². The van der Waals surface area contributed by atoms with Crippen molar-refractivity contribution < 1.29 is 4.74 Å². The number of aromatic nitrogens is 2. The number of nitrogens with zero attached hydrogens (tertiary/aromatic N) is 2. The van der Waals surface area contributed by atoms with E-state index in [1.807, 2.05) is 0 Å². The first-order valence-corrected chi connectivity index (χ1v) is 7.19. The molecule has 4 nitrogen and oxygen atoms in total. The molecule has 20 heavy (non-hydrogen) atoms. The first kappa shape index (κ1) is 13.0. The highest BCUT2D eigenvalue weighted by molar-refractivity contribution is 5.43. The lowest BCUT2D eigenvalue weighted by Gasteiger charge is -2.27. The summed E-state index contributed by atoms with van der Waals surface area (Å²) in [5.41, 5.74) is 3.64. The fourth-order valence-corrected chi connectivity index (χ4v) is 2.86. The van der Waals surface area contributed by atoms with E-state index in [0.717, 1.165) is 36.8 Å². The van der Waals surface area contributed by atoms with Crippen molar-refractivity contribution in [3.05, 3.63) is 41.2 Å². The van der Waals surface area contributed by atoms with Gasteiger partial charge in [-0.25, -0.2) is 4.98 Å². The Bertz CT molecular complexity index is 618.